The van der Waals surface area contributed by atoms with E-state index in [0.717, 1.165) is 0 Å². The molecule has 108 valence electrons. The number of rotatable bonds is 4. The van der Waals surface area contributed by atoms with Crippen LogP contribution in [-0.4, -0.2) is 29.3 Å². The van der Waals surface area contributed by atoms with Gasteiger partial charge in [-0.25, -0.2) is 0 Å². The van der Waals surface area contributed by atoms with E-state index in [0.29, 0.717) is 13.1 Å². The Balaban J connectivity index is 1.84. The number of benzene rings is 1. The molecule has 0 fully saturated rings. The molecule has 2 amide bonds. The predicted molar refractivity (Wildman–Crippen MR) is 76.5 cm³/mol. The molecule has 0 spiro atoms. The van der Waals surface area contributed by atoms with Crippen LogP contribution in [0, 0.1) is 5.92 Å². The highest BCUT2D eigenvalue weighted by atomic mass is 16.2. The summed E-state index contributed by atoms with van der Waals surface area (Å²) >= 11 is 0. The van der Waals surface area contributed by atoms with E-state index < -0.39 is 6.04 Å². The van der Waals surface area contributed by atoms with Crippen molar-refractivity contribution in [2.24, 2.45) is 11.7 Å². The lowest BCUT2D eigenvalue weighted by atomic mass is 10.1. The monoisotopic (exact) mass is 275 g/mol. The third-order valence-electron chi connectivity index (χ3n) is 3.63. The molecule has 0 radical (unpaired) electrons. The van der Waals surface area contributed by atoms with Crippen molar-refractivity contribution < 1.29 is 9.59 Å². The fourth-order valence-electron chi connectivity index (χ4n) is 2.20. The van der Waals surface area contributed by atoms with Crippen LogP contribution < -0.4 is 11.1 Å². The van der Waals surface area contributed by atoms with Gasteiger partial charge in [-0.3, -0.25) is 9.59 Å². The molecule has 3 N–H and O–H groups in total. The molecule has 0 aliphatic carbocycles. The molecule has 5 nitrogen and oxygen atoms in total. The second kappa shape index (κ2) is 6.05. The zero-order valence-electron chi connectivity index (χ0n) is 11.9. The highest BCUT2D eigenvalue weighted by Crippen LogP contribution is 2.21. The van der Waals surface area contributed by atoms with E-state index >= 15 is 0 Å². The molecule has 5 heteroatoms. The van der Waals surface area contributed by atoms with Crippen molar-refractivity contribution in [1.29, 1.82) is 0 Å². The van der Waals surface area contributed by atoms with E-state index in [1.807, 2.05) is 38.1 Å². The van der Waals surface area contributed by atoms with Gasteiger partial charge < -0.3 is 16.0 Å². The molecular formula is C15H21N3O2. The summed E-state index contributed by atoms with van der Waals surface area (Å²) in [6, 6.07) is 7.41. The zero-order valence-corrected chi connectivity index (χ0v) is 11.9. The number of nitrogens with one attached hydrogen (secondary N) is 1. The van der Waals surface area contributed by atoms with Gasteiger partial charge in [-0.1, -0.05) is 38.1 Å². The smallest absolute Gasteiger partial charge is 0.242 e. The largest absolute Gasteiger partial charge is 0.346 e. The van der Waals surface area contributed by atoms with Gasteiger partial charge in [-0.15, -0.1) is 0 Å². The van der Waals surface area contributed by atoms with Crippen molar-refractivity contribution in [2.45, 2.75) is 33.0 Å². The molecule has 20 heavy (non-hydrogen) atoms. The van der Waals surface area contributed by atoms with Gasteiger partial charge in [0.2, 0.25) is 11.8 Å². The van der Waals surface area contributed by atoms with Crippen LogP contribution in [0.3, 0.4) is 0 Å². The number of carbonyl (C=O) groups is 2. The Kier molecular flexibility index (Phi) is 4.39. The second-order valence-corrected chi connectivity index (χ2v) is 5.51. The average molecular weight is 275 g/mol. The summed E-state index contributed by atoms with van der Waals surface area (Å²) < 4.78 is 0. The average Bonchev–Trinajstić information content (AvgIpc) is 2.87. The van der Waals surface area contributed by atoms with Gasteiger partial charge >= 0.3 is 0 Å². The van der Waals surface area contributed by atoms with E-state index in [1.165, 1.54) is 11.1 Å². The van der Waals surface area contributed by atoms with Crippen molar-refractivity contribution in [3.05, 3.63) is 35.4 Å². The first-order chi connectivity index (χ1) is 9.49. The van der Waals surface area contributed by atoms with Crippen LogP contribution >= 0.6 is 0 Å². The summed E-state index contributed by atoms with van der Waals surface area (Å²) in [6.07, 6.45) is 0. The van der Waals surface area contributed by atoms with Crippen LogP contribution in [-0.2, 0) is 22.7 Å². The highest BCUT2D eigenvalue weighted by molar-refractivity contribution is 5.87. The van der Waals surface area contributed by atoms with Crippen LogP contribution in [0.25, 0.3) is 0 Å². The summed E-state index contributed by atoms with van der Waals surface area (Å²) in [7, 11) is 0. The molecule has 1 aliphatic heterocycles. The van der Waals surface area contributed by atoms with Crippen molar-refractivity contribution in [1.82, 2.24) is 10.2 Å². The lowest BCUT2D eigenvalue weighted by Crippen LogP contribution is -2.47. The van der Waals surface area contributed by atoms with Crippen molar-refractivity contribution in [3.8, 4) is 0 Å². The minimum absolute atomic E-state index is 0.00718. The Hall–Kier alpha value is -1.88. The number of nitrogens with zero attached hydrogens (tertiary/aromatic N) is 1. The van der Waals surface area contributed by atoms with Gasteiger partial charge in [0, 0.05) is 13.1 Å². The van der Waals surface area contributed by atoms with Crippen molar-refractivity contribution in [3.63, 3.8) is 0 Å². The predicted octanol–water partition coefficient (Wildman–Crippen LogP) is 0.628. The Morgan fingerprint density at radius 1 is 1.25 bits per heavy atom. The number of hydrogen-bond acceptors (Lipinski definition) is 3. The van der Waals surface area contributed by atoms with E-state index in [4.69, 9.17) is 5.73 Å². The van der Waals surface area contributed by atoms with Crippen LogP contribution in [0.15, 0.2) is 24.3 Å². The van der Waals surface area contributed by atoms with Gasteiger partial charge in [-0.2, -0.15) is 0 Å². The summed E-state index contributed by atoms with van der Waals surface area (Å²) in [6.45, 7) is 4.99. The molecule has 1 heterocycles. The third kappa shape index (κ3) is 3.17. The lowest BCUT2D eigenvalue weighted by Gasteiger charge is -2.18. The van der Waals surface area contributed by atoms with Gasteiger partial charge in [0.25, 0.3) is 0 Å². The minimum atomic E-state index is -0.571. The lowest BCUT2D eigenvalue weighted by molar-refractivity contribution is -0.133. The first kappa shape index (κ1) is 14.5. The minimum Gasteiger partial charge on any atom is -0.346 e. The summed E-state index contributed by atoms with van der Waals surface area (Å²) in [5.74, 6) is -0.295. The Morgan fingerprint density at radius 2 is 1.80 bits per heavy atom. The number of hydrogen-bond donors (Lipinski definition) is 2. The normalized spacial score (nSPS) is 15.1. The summed E-state index contributed by atoms with van der Waals surface area (Å²) in [5.41, 5.74) is 8.08. The fraction of sp³-hybridized carbons (Fsp3) is 0.467. The van der Waals surface area contributed by atoms with Gasteiger partial charge in [-0.05, 0) is 17.0 Å². The zero-order chi connectivity index (χ0) is 14.7. The van der Waals surface area contributed by atoms with Gasteiger partial charge in [0.05, 0.1) is 12.6 Å². The molecule has 0 bridgehead atoms. The molecule has 0 saturated carbocycles. The van der Waals surface area contributed by atoms with Crippen LogP contribution in [0.4, 0.5) is 0 Å². The maximum absolute atomic E-state index is 12.1. The molecular weight excluding hydrogens is 254 g/mol. The van der Waals surface area contributed by atoms with Crippen LogP contribution in [0.2, 0.25) is 0 Å². The number of nitrogens with two attached hydrogens (primary N) is 1. The second-order valence-electron chi connectivity index (χ2n) is 5.51. The summed E-state index contributed by atoms with van der Waals surface area (Å²) in [4.78, 5) is 25.5. The molecule has 1 aromatic rings. The van der Waals surface area contributed by atoms with Crippen molar-refractivity contribution in [2.75, 3.05) is 6.54 Å². The molecule has 2 rings (SSSR count). The molecule has 0 saturated heterocycles. The van der Waals surface area contributed by atoms with E-state index in [-0.39, 0.29) is 24.3 Å². The SMILES string of the molecule is CC(C)[C@H](N)C(=O)NCC(=O)N1Cc2ccccc2C1. The number of fused-ring (bicyclic) bond motifs is 1. The third-order valence-corrected chi connectivity index (χ3v) is 3.63. The highest BCUT2D eigenvalue weighted by Gasteiger charge is 2.24. The molecule has 1 atom stereocenters. The number of amides is 2. The van der Waals surface area contributed by atoms with Crippen LogP contribution in [0.5, 0.6) is 0 Å². The van der Waals surface area contributed by atoms with E-state index in [1.54, 1.807) is 4.90 Å². The molecule has 1 aromatic carbocycles. The Bertz CT molecular complexity index is 489. The molecule has 0 aromatic heterocycles. The van der Waals surface area contributed by atoms with Crippen LogP contribution in [0.1, 0.15) is 25.0 Å². The molecule has 1 aliphatic rings. The van der Waals surface area contributed by atoms with E-state index in [9.17, 15) is 9.59 Å². The first-order valence-corrected chi connectivity index (χ1v) is 6.87. The maximum atomic E-state index is 12.1. The van der Waals surface area contributed by atoms with Gasteiger partial charge in [0.15, 0.2) is 0 Å². The van der Waals surface area contributed by atoms with Crippen molar-refractivity contribution >= 4 is 11.8 Å². The quantitative estimate of drug-likeness (QED) is 0.846. The van der Waals surface area contributed by atoms with E-state index in [2.05, 4.69) is 5.32 Å². The Labute approximate surface area is 119 Å². The fourth-order valence-corrected chi connectivity index (χ4v) is 2.20. The Morgan fingerprint density at radius 3 is 2.30 bits per heavy atom. The first-order valence-electron chi connectivity index (χ1n) is 6.87. The standard InChI is InChI=1S/C15H21N3O2/c1-10(2)14(16)15(20)17-7-13(19)18-8-11-5-3-4-6-12(11)9-18/h3-6,10,14H,7-9,16H2,1-2H3,(H,17,20)/t14-/m0/s1. The topological polar surface area (TPSA) is 75.4 Å². The maximum Gasteiger partial charge on any atom is 0.242 e. The summed E-state index contributed by atoms with van der Waals surface area (Å²) in [5, 5.41) is 2.61. The van der Waals surface area contributed by atoms with Gasteiger partial charge in [0.1, 0.15) is 0 Å². The molecule has 0 unspecified atom stereocenters. The number of carbonyl (C=O) groups excluding carboxylic acids is 2.